The van der Waals surface area contributed by atoms with Crippen molar-refractivity contribution in [3.05, 3.63) is 42.2 Å². The Hall–Kier alpha value is -2.82. The van der Waals surface area contributed by atoms with E-state index in [1.807, 2.05) is 0 Å². The summed E-state index contributed by atoms with van der Waals surface area (Å²) in [5, 5.41) is 3.24. The van der Waals surface area contributed by atoms with Gasteiger partial charge < -0.3 is 15.8 Å². The number of urea groups is 1. The minimum Gasteiger partial charge on any atom is -0.379 e. The highest BCUT2D eigenvalue weighted by molar-refractivity contribution is 7.21. The molecule has 0 bridgehead atoms. The molecule has 3 N–H and O–H groups in total. The fraction of sp³-hybridized carbons (Fsp3) is 0.316. The third-order valence-electron chi connectivity index (χ3n) is 4.62. The first kappa shape index (κ1) is 19.5. The molecule has 8 nitrogen and oxygen atoms in total. The number of nitrogens with one attached hydrogen (secondary N) is 1. The number of morpholine rings is 1. The van der Waals surface area contributed by atoms with Crippen LogP contribution in [-0.2, 0) is 4.74 Å². The van der Waals surface area contributed by atoms with Gasteiger partial charge in [-0.2, -0.15) is 0 Å². The van der Waals surface area contributed by atoms with Crippen LogP contribution >= 0.6 is 11.3 Å². The summed E-state index contributed by atoms with van der Waals surface area (Å²) in [6.07, 6.45) is 0. The van der Waals surface area contributed by atoms with Crippen molar-refractivity contribution in [3.8, 4) is 0 Å². The molecule has 1 aliphatic rings. The quantitative estimate of drug-likeness (QED) is 0.664. The maximum absolute atomic E-state index is 13.2. The standard InChI is InChI=1S/C19H21FN6O2S/c20-13-1-3-14(4-2-13)22-19(27)26(8-7-25-9-11-28-12-10-25)16-6-5-15-17(24-16)29-18(21)23-15/h1-6H,7-12H2,(H2,21,23)(H,22,27). The number of thiazole rings is 1. The average molecular weight is 416 g/mol. The number of nitrogen functional groups attached to an aromatic ring is 1. The lowest BCUT2D eigenvalue weighted by Crippen LogP contribution is -2.44. The molecule has 1 fully saturated rings. The highest BCUT2D eigenvalue weighted by Gasteiger charge is 2.20. The molecule has 0 radical (unpaired) electrons. The summed E-state index contributed by atoms with van der Waals surface area (Å²) >= 11 is 1.28. The van der Waals surface area contributed by atoms with Crippen LogP contribution in [0.15, 0.2) is 36.4 Å². The molecule has 0 unspecified atom stereocenters. The molecule has 0 atom stereocenters. The van der Waals surface area contributed by atoms with Crippen LogP contribution in [0.5, 0.6) is 0 Å². The van der Waals surface area contributed by atoms with Gasteiger partial charge in [0.15, 0.2) is 5.13 Å². The van der Waals surface area contributed by atoms with Gasteiger partial charge in [-0.15, -0.1) is 0 Å². The highest BCUT2D eigenvalue weighted by atomic mass is 32.1. The van der Waals surface area contributed by atoms with Gasteiger partial charge >= 0.3 is 6.03 Å². The van der Waals surface area contributed by atoms with Gasteiger partial charge in [-0.1, -0.05) is 11.3 Å². The third kappa shape index (κ3) is 4.78. The molecule has 1 aliphatic heterocycles. The minimum absolute atomic E-state index is 0.339. The van der Waals surface area contributed by atoms with Crippen molar-refractivity contribution in [2.45, 2.75) is 0 Å². The fourth-order valence-electron chi connectivity index (χ4n) is 3.08. The normalized spacial score (nSPS) is 14.8. The summed E-state index contributed by atoms with van der Waals surface area (Å²) in [5.41, 5.74) is 6.98. The van der Waals surface area contributed by atoms with Gasteiger partial charge in [0.2, 0.25) is 0 Å². The first-order chi connectivity index (χ1) is 14.1. The van der Waals surface area contributed by atoms with E-state index in [2.05, 4.69) is 20.2 Å². The molecule has 1 aromatic carbocycles. The summed E-state index contributed by atoms with van der Waals surface area (Å²) in [5.74, 6) is 0.149. The lowest BCUT2D eigenvalue weighted by atomic mass is 10.3. The van der Waals surface area contributed by atoms with E-state index in [1.54, 1.807) is 17.0 Å². The van der Waals surface area contributed by atoms with Crippen molar-refractivity contribution in [1.29, 1.82) is 0 Å². The molecule has 0 spiro atoms. The lowest BCUT2D eigenvalue weighted by Gasteiger charge is -2.29. The summed E-state index contributed by atoms with van der Waals surface area (Å²) in [6, 6.07) is 8.87. The van der Waals surface area contributed by atoms with E-state index in [0.29, 0.717) is 53.3 Å². The van der Waals surface area contributed by atoms with Crippen LogP contribution < -0.4 is 16.0 Å². The predicted octanol–water partition coefficient (Wildman–Crippen LogP) is 2.78. The van der Waals surface area contributed by atoms with Crippen molar-refractivity contribution in [2.75, 3.05) is 55.3 Å². The number of nitrogens with zero attached hydrogens (tertiary/aromatic N) is 4. The number of hydrogen-bond donors (Lipinski definition) is 2. The number of rotatable bonds is 5. The van der Waals surface area contributed by atoms with Crippen LogP contribution in [0.4, 0.5) is 25.8 Å². The second-order valence-electron chi connectivity index (χ2n) is 6.59. The van der Waals surface area contributed by atoms with Crippen molar-refractivity contribution < 1.29 is 13.9 Å². The lowest BCUT2D eigenvalue weighted by molar-refractivity contribution is 0.0393. The number of hydrogen-bond acceptors (Lipinski definition) is 7. The maximum atomic E-state index is 13.2. The molecule has 1 saturated heterocycles. The SMILES string of the molecule is Nc1nc2ccc(N(CCN3CCOCC3)C(=O)Nc3ccc(F)cc3)nc2s1. The largest absolute Gasteiger partial charge is 0.379 e. The fourth-order valence-corrected chi connectivity index (χ4v) is 3.78. The number of nitrogens with two attached hydrogens (primary N) is 1. The summed E-state index contributed by atoms with van der Waals surface area (Å²) in [4.78, 5) is 26.3. The number of aromatic nitrogens is 2. The summed E-state index contributed by atoms with van der Waals surface area (Å²) in [6.45, 7) is 4.15. The molecule has 2 amide bonds. The minimum atomic E-state index is -0.359. The Kier molecular flexibility index (Phi) is 5.84. The van der Waals surface area contributed by atoms with Crippen LogP contribution in [0.1, 0.15) is 0 Å². The van der Waals surface area contributed by atoms with Gasteiger partial charge in [-0.05, 0) is 36.4 Å². The molecule has 0 aliphatic carbocycles. The Balaban J connectivity index is 1.56. The van der Waals surface area contributed by atoms with E-state index in [1.165, 1.54) is 35.6 Å². The smallest absolute Gasteiger partial charge is 0.327 e. The van der Waals surface area contributed by atoms with Gasteiger partial charge in [0.05, 0.1) is 13.2 Å². The Morgan fingerprint density at radius 3 is 2.72 bits per heavy atom. The van der Waals surface area contributed by atoms with Crippen molar-refractivity contribution in [2.24, 2.45) is 0 Å². The number of pyridine rings is 1. The summed E-state index contributed by atoms with van der Waals surface area (Å²) < 4.78 is 18.5. The number of benzene rings is 1. The van der Waals surface area contributed by atoms with Gasteiger partial charge in [-0.3, -0.25) is 9.80 Å². The van der Waals surface area contributed by atoms with E-state index in [0.717, 1.165) is 13.1 Å². The topological polar surface area (TPSA) is 96.6 Å². The molecule has 10 heteroatoms. The Labute approximate surface area is 171 Å². The van der Waals surface area contributed by atoms with Crippen molar-refractivity contribution >= 4 is 44.4 Å². The van der Waals surface area contributed by atoms with E-state index in [-0.39, 0.29) is 11.8 Å². The molecule has 29 heavy (non-hydrogen) atoms. The Bertz CT molecular complexity index is 990. The van der Waals surface area contributed by atoms with Crippen molar-refractivity contribution in [3.63, 3.8) is 0 Å². The molecule has 3 heterocycles. The van der Waals surface area contributed by atoms with Gasteiger partial charge in [0, 0.05) is 31.9 Å². The highest BCUT2D eigenvalue weighted by Crippen LogP contribution is 2.25. The zero-order valence-corrected chi connectivity index (χ0v) is 16.5. The average Bonchev–Trinajstić information content (AvgIpc) is 3.10. The molecular formula is C19H21FN6O2S. The molecule has 4 rings (SSSR count). The maximum Gasteiger partial charge on any atom is 0.327 e. The number of amides is 2. The van der Waals surface area contributed by atoms with Gasteiger partial charge in [-0.25, -0.2) is 19.2 Å². The number of carbonyl (C=O) groups is 1. The van der Waals surface area contributed by atoms with Gasteiger partial charge in [0.25, 0.3) is 0 Å². The van der Waals surface area contributed by atoms with Crippen molar-refractivity contribution in [1.82, 2.24) is 14.9 Å². The first-order valence-corrected chi connectivity index (χ1v) is 10.1. The molecule has 2 aromatic heterocycles. The molecule has 3 aromatic rings. The number of ether oxygens (including phenoxy) is 1. The number of carbonyl (C=O) groups excluding carboxylic acids is 1. The second kappa shape index (κ2) is 8.68. The van der Waals surface area contributed by atoms with E-state index >= 15 is 0 Å². The van der Waals surface area contributed by atoms with E-state index < -0.39 is 0 Å². The first-order valence-electron chi connectivity index (χ1n) is 9.26. The van der Waals surface area contributed by atoms with Crippen LogP contribution in [0.2, 0.25) is 0 Å². The predicted molar refractivity (Wildman–Crippen MR) is 112 cm³/mol. The van der Waals surface area contributed by atoms with E-state index in [4.69, 9.17) is 10.5 Å². The van der Waals surface area contributed by atoms with E-state index in [9.17, 15) is 9.18 Å². The van der Waals surface area contributed by atoms with Crippen LogP contribution in [0, 0.1) is 5.82 Å². The zero-order valence-electron chi connectivity index (χ0n) is 15.7. The van der Waals surface area contributed by atoms with Crippen LogP contribution in [0.3, 0.4) is 0 Å². The monoisotopic (exact) mass is 416 g/mol. The molecule has 0 saturated carbocycles. The van der Waals surface area contributed by atoms with Crippen LogP contribution in [0.25, 0.3) is 10.3 Å². The Morgan fingerprint density at radius 1 is 1.21 bits per heavy atom. The Morgan fingerprint density at radius 2 is 1.97 bits per heavy atom. The third-order valence-corrected chi connectivity index (χ3v) is 5.41. The van der Waals surface area contributed by atoms with Gasteiger partial charge in [0.1, 0.15) is 22.0 Å². The molecule has 152 valence electrons. The summed E-state index contributed by atoms with van der Waals surface area (Å²) in [7, 11) is 0. The zero-order chi connectivity index (χ0) is 20.2. The number of fused-ring (bicyclic) bond motifs is 1. The molecular weight excluding hydrogens is 395 g/mol. The second-order valence-corrected chi connectivity index (χ2v) is 7.60. The van der Waals surface area contributed by atoms with Crippen LogP contribution in [-0.4, -0.2) is 60.3 Å². The number of anilines is 3. The number of halogens is 1.